The van der Waals surface area contributed by atoms with Gasteiger partial charge in [-0.15, -0.1) is 11.3 Å². The highest BCUT2D eigenvalue weighted by molar-refractivity contribution is 7.12. The van der Waals surface area contributed by atoms with Gasteiger partial charge in [-0.2, -0.15) is 0 Å². The molecule has 1 amide bonds. The van der Waals surface area contributed by atoms with Gasteiger partial charge in [-0.05, 0) is 67.8 Å². The third-order valence-corrected chi connectivity index (χ3v) is 10.2. The van der Waals surface area contributed by atoms with Gasteiger partial charge in [0.2, 0.25) is 5.75 Å². The maximum Gasteiger partial charge on any atom is 0.264 e. The van der Waals surface area contributed by atoms with E-state index in [0.29, 0.717) is 29.6 Å². The quantitative estimate of drug-likeness (QED) is 0.302. The summed E-state index contributed by atoms with van der Waals surface area (Å²) in [4.78, 5) is 21.2. The van der Waals surface area contributed by atoms with Crippen LogP contribution < -0.4 is 14.2 Å². The van der Waals surface area contributed by atoms with Crippen LogP contribution in [0.3, 0.4) is 0 Å². The van der Waals surface area contributed by atoms with Gasteiger partial charge in [0.05, 0.1) is 26.2 Å². The molecule has 42 heavy (non-hydrogen) atoms. The van der Waals surface area contributed by atoms with Crippen molar-refractivity contribution in [2.45, 2.75) is 58.2 Å². The Morgan fingerprint density at radius 1 is 0.929 bits per heavy atom. The van der Waals surface area contributed by atoms with Crippen LogP contribution in [0.25, 0.3) is 0 Å². The number of carbonyl (C=O) groups is 1. The molecular weight excluding hydrogens is 546 g/mol. The van der Waals surface area contributed by atoms with Gasteiger partial charge in [-0.1, -0.05) is 30.3 Å². The van der Waals surface area contributed by atoms with Crippen molar-refractivity contribution in [1.82, 2.24) is 14.7 Å². The second-order valence-electron chi connectivity index (χ2n) is 11.6. The average Bonchev–Trinajstić information content (AvgIpc) is 3.46. The highest BCUT2D eigenvalue weighted by Crippen LogP contribution is 2.40. The highest BCUT2D eigenvalue weighted by atomic mass is 32.1. The van der Waals surface area contributed by atoms with Gasteiger partial charge < -0.3 is 19.1 Å². The summed E-state index contributed by atoms with van der Waals surface area (Å²) < 4.78 is 16.7. The van der Waals surface area contributed by atoms with E-state index in [-0.39, 0.29) is 5.91 Å². The summed E-state index contributed by atoms with van der Waals surface area (Å²) in [6, 6.07) is 16.4. The molecule has 226 valence electrons. The number of hydrogen-bond acceptors (Lipinski definition) is 7. The Morgan fingerprint density at radius 2 is 1.64 bits per heavy atom. The van der Waals surface area contributed by atoms with Gasteiger partial charge in [0, 0.05) is 62.8 Å². The molecule has 2 fully saturated rings. The van der Waals surface area contributed by atoms with Gasteiger partial charge in [0.25, 0.3) is 5.91 Å². The van der Waals surface area contributed by atoms with Crippen molar-refractivity contribution in [3.63, 3.8) is 0 Å². The first-order chi connectivity index (χ1) is 20.3. The Hall–Kier alpha value is -3.07. The SMILES string of the molecule is COc1ccc(Cc2ccc([C@H](C)N3CCN(C4CCN(C(=O)c5sccc5C)CC4)C[C@H]3C)cc2)c(OC)c1OC. The minimum atomic E-state index is 0.210. The van der Waals surface area contributed by atoms with Crippen molar-refractivity contribution in [3.05, 3.63) is 75.0 Å². The first-order valence-corrected chi connectivity index (χ1v) is 15.9. The number of aryl methyl sites for hydroxylation is 1. The summed E-state index contributed by atoms with van der Waals surface area (Å²) in [6.07, 6.45) is 2.88. The third kappa shape index (κ3) is 6.31. The number of thiophene rings is 1. The van der Waals surface area contributed by atoms with E-state index in [9.17, 15) is 4.79 Å². The molecule has 1 aromatic heterocycles. The molecule has 2 saturated heterocycles. The summed E-state index contributed by atoms with van der Waals surface area (Å²) >= 11 is 1.57. The van der Waals surface area contributed by atoms with Crippen LogP contribution in [0.1, 0.15) is 64.7 Å². The molecule has 0 spiro atoms. The van der Waals surface area contributed by atoms with Crippen molar-refractivity contribution in [3.8, 4) is 17.2 Å². The number of piperazine rings is 1. The molecule has 7 nitrogen and oxygen atoms in total. The lowest BCUT2D eigenvalue weighted by Gasteiger charge is -2.47. The van der Waals surface area contributed by atoms with Crippen molar-refractivity contribution in [2.75, 3.05) is 54.1 Å². The van der Waals surface area contributed by atoms with E-state index in [1.54, 1.807) is 32.7 Å². The highest BCUT2D eigenvalue weighted by Gasteiger charge is 2.34. The molecule has 5 rings (SSSR count). The summed E-state index contributed by atoms with van der Waals surface area (Å²) in [5.41, 5.74) is 4.74. The molecule has 0 radical (unpaired) electrons. The van der Waals surface area contributed by atoms with Crippen LogP contribution in [0.4, 0.5) is 0 Å². The number of amides is 1. The van der Waals surface area contributed by atoms with Crippen LogP contribution in [0.15, 0.2) is 47.8 Å². The summed E-state index contributed by atoms with van der Waals surface area (Å²) in [7, 11) is 4.95. The van der Waals surface area contributed by atoms with Gasteiger partial charge >= 0.3 is 0 Å². The zero-order valence-corrected chi connectivity index (χ0v) is 26.7. The van der Waals surface area contributed by atoms with Crippen molar-refractivity contribution in [2.24, 2.45) is 0 Å². The van der Waals surface area contributed by atoms with Crippen LogP contribution in [0.5, 0.6) is 17.2 Å². The average molecular weight is 592 g/mol. The Morgan fingerprint density at radius 3 is 2.24 bits per heavy atom. The normalized spacial score (nSPS) is 19.5. The maximum atomic E-state index is 13.0. The molecule has 2 aliphatic rings. The first-order valence-electron chi connectivity index (χ1n) is 15.0. The Labute approximate surface area is 255 Å². The fraction of sp³-hybridized carbons (Fsp3) is 0.500. The number of ether oxygens (including phenoxy) is 3. The zero-order chi connectivity index (χ0) is 29.8. The van der Waals surface area contributed by atoms with E-state index >= 15 is 0 Å². The van der Waals surface area contributed by atoms with E-state index in [1.165, 1.54) is 11.1 Å². The fourth-order valence-corrected chi connectivity index (χ4v) is 7.60. The topological polar surface area (TPSA) is 54.5 Å². The molecule has 0 aliphatic carbocycles. The van der Waals surface area contributed by atoms with Gasteiger partial charge in [-0.3, -0.25) is 14.6 Å². The molecule has 3 aromatic rings. The zero-order valence-electron chi connectivity index (χ0n) is 25.9. The monoisotopic (exact) mass is 591 g/mol. The van der Waals surface area contributed by atoms with Gasteiger partial charge in [0.1, 0.15) is 0 Å². The summed E-state index contributed by atoms with van der Waals surface area (Å²) in [6.45, 7) is 11.6. The third-order valence-electron chi connectivity index (χ3n) is 9.17. The molecule has 8 heteroatoms. The minimum Gasteiger partial charge on any atom is -0.493 e. The molecule has 2 aromatic carbocycles. The number of benzene rings is 2. The Balaban J connectivity index is 1.15. The number of methoxy groups -OCH3 is 3. The molecule has 0 N–H and O–H groups in total. The largest absolute Gasteiger partial charge is 0.493 e. The predicted molar refractivity (Wildman–Crippen MR) is 169 cm³/mol. The minimum absolute atomic E-state index is 0.210. The lowest BCUT2D eigenvalue weighted by atomic mass is 9.97. The second kappa shape index (κ2) is 13.5. The smallest absolute Gasteiger partial charge is 0.264 e. The molecule has 2 atom stereocenters. The first kappa shape index (κ1) is 30.4. The van der Waals surface area contributed by atoms with Crippen LogP contribution >= 0.6 is 11.3 Å². The number of hydrogen-bond donors (Lipinski definition) is 0. The van der Waals surface area contributed by atoms with Crippen molar-refractivity contribution < 1.29 is 19.0 Å². The molecule has 0 saturated carbocycles. The number of piperidine rings is 1. The van der Waals surface area contributed by atoms with Crippen molar-refractivity contribution >= 4 is 17.2 Å². The standard InChI is InChI=1S/C34H45N3O4S/c1-23-15-20-42-33(23)34(38)35-16-13-29(14-17-35)36-18-19-37(24(2)22-36)25(3)27-9-7-26(8-10-27)21-28-11-12-30(39-4)32(41-6)31(28)40-5/h7-12,15,20,24-25,29H,13-14,16-19,21-22H2,1-6H3/t24-,25+/m1/s1. The molecular formula is C34H45N3O4S. The van der Waals surface area contributed by atoms with Gasteiger partial charge in [0.15, 0.2) is 11.5 Å². The van der Waals surface area contributed by atoms with E-state index in [4.69, 9.17) is 14.2 Å². The van der Waals surface area contributed by atoms with Crippen LogP contribution in [-0.4, -0.2) is 86.7 Å². The van der Waals surface area contributed by atoms with Crippen LogP contribution in [0.2, 0.25) is 0 Å². The van der Waals surface area contributed by atoms with E-state index in [1.807, 2.05) is 30.5 Å². The fourth-order valence-electron chi connectivity index (χ4n) is 6.70. The summed E-state index contributed by atoms with van der Waals surface area (Å²) in [5.74, 6) is 2.22. The lowest BCUT2D eigenvalue weighted by Crippen LogP contribution is -2.57. The van der Waals surface area contributed by atoms with E-state index < -0.39 is 0 Å². The predicted octanol–water partition coefficient (Wildman–Crippen LogP) is 6.05. The van der Waals surface area contributed by atoms with Gasteiger partial charge in [-0.25, -0.2) is 0 Å². The van der Waals surface area contributed by atoms with Crippen LogP contribution in [-0.2, 0) is 6.42 Å². The second-order valence-corrected chi connectivity index (χ2v) is 12.5. The van der Waals surface area contributed by atoms with E-state index in [0.717, 1.165) is 73.7 Å². The van der Waals surface area contributed by atoms with Crippen LogP contribution in [0, 0.1) is 6.92 Å². The molecule has 2 aliphatic heterocycles. The number of likely N-dealkylation sites (tertiary alicyclic amines) is 1. The summed E-state index contributed by atoms with van der Waals surface area (Å²) in [5, 5.41) is 2.02. The Bertz CT molecular complexity index is 1350. The van der Waals surface area contributed by atoms with E-state index in [2.05, 4.69) is 52.8 Å². The maximum absolute atomic E-state index is 13.0. The molecule has 0 bridgehead atoms. The number of nitrogens with zero attached hydrogens (tertiary/aromatic N) is 3. The number of rotatable bonds is 9. The molecule has 3 heterocycles. The molecule has 0 unspecified atom stereocenters. The Kier molecular flexibility index (Phi) is 9.76. The van der Waals surface area contributed by atoms with Crippen molar-refractivity contribution in [1.29, 1.82) is 0 Å². The number of carbonyl (C=O) groups excluding carboxylic acids is 1. The lowest BCUT2D eigenvalue weighted by molar-refractivity contribution is 0.0136.